The van der Waals surface area contributed by atoms with Gasteiger partial charge in [-0.05, 0) is 43.5 Å². The summed E-state index contributed by atoms with van der Waals surface area (Å²) in [5, 5.41) is 0.804. The van der Waals surface area contributed by atoms with Crippen molar-refractivity contribution in [1.29, 1.82) is 0 Å². The second kappa shape index (κ2) is 4.71. The smallest absolute Gasteiger partial charge is 0.0409 e. The van der Waals surface area contributed by atoms with Gasteiger partial charge in [-0.3, -0.25) is 0 Å². The van der Waals surface area contributed by atoms with Crippen molar-refractivity contribution in [3.8, 4) is 0 Å². The lowest BCUT2D eigenvalue weighted by molar-refractivity contribution is 0.732. The molecule has 1 aliphatic heterocycles. The molecule has 1 aromatic carbocycles. The Hall–Kier alpha value is -0.950. The van der Waals surface area contributed by atoms with Crippen LogP contribution < -0.4 is 4.90 Å². The molecule has 1 heterocycles. The van der Waals surface area contributed by atoms with Crippen molar-refractivity contribution in [2.45, 2.75) is 26.2 Å². The van der Waals surface area contributed by atoms with E-state index in [0.717, 1.165) is 18.0 Å². The summed E-state index contributed by atoms with van der Waals surface area (Å²) in [5.41, 5.74) is 2.69. The van der Waals surface area contributed by atoms with Gasteiger partial charge in [-0.1, -0.05) is 24.6 Å². The molecule has 0 saturated heterocycles. The van der Waals surface area contributed by atoms with E-state index in [1.54, 1.807) is 0 Å². The third-order valence-corrected chi connectivity index (χ3v) is 3.07. The zero-order valence-electron chi connectivity index (χ0n) is 9.04. The van der Waals surface area contributed by atoms with Gasteiger partial charge in [0.1, 0.15) is 0 Å². The number of allylic oxidation sites excluding steroid dienone is 2. The highest BCUT2D eigenvalue weighted by molar-refractivity contribution is 6.30. The van der Waals surface area contributed by atoms with Crippen molar-refractivity contribution in [3.63, 3.8) is 0 Å². The number of benzene rings is 1. The maximum absolute atomic E-state index is 5.89. The summed E-state index contributed by atoms with van der Waals surface area (Å²) < 4.78 is 0. The second-order valence-corrected chi connectivity index (χ2v) is 4.26. The second-order valence-electron chi connectivity index (χ2n) is 3.82. The highest BCUT2D eigenvalue weighted by Crippen LogP contribution is 2.26. The van der Waals surface area contributed by atoms with Crippen molar-refractivity contribution in [2.24, 2.45) is 0 Å². The summed E-state index contributed by atoms with van der Waals surface area (Å²) >= 11 is 5.89. The SMILES string of the molecule is CCC1=CCCCN1c1ccc(Cl)cc1. The van der Waals surface area contributed by atoms with Gasteiger partial charge in [0.15, 0.2) is 0 Å². The first-order chi connectivity index (χ1) is 7.31. The Bertz CT molecular complexity index is 353. The monoisotopic (exact) mass is 221 g/mol. The number of nitrogens with zero attached hydrogens (tertiary/aromatic N) is 1. The predicted molar refractivity (Wildman–Crippen MR) is 66.4 cm³/mol. The van der Waals surface area contributed by atoms with Crippen molar-refractivity contribution >= 4 is 17.3 Å². The van der Waals surface area contributed by atoms with Crippen LogP contribution in [0.1, 0.15) is 26.2 Å². The Morgan fingerprint density at radius 3 is 2.67 bits per heavy atom. The fourth-order valence-corrected chi connectivity index (χ4v) is 2.15. The number of halogens is 1. The minimum Gasteiger partial charge on any atom is -0.345 e. The maximum atomic E-state index is 5.89. The predicted octanol–water partition coefficient (Wildman–Crippen LogP) is 4.23. The number of hydrogen-bond donors (Lipinski definition) is 0. The van der Waals surface area contributed by atoms with Crippen LogP contribution in [0, 0.1) is 0 Å². The van der Waals surface area contributed by atoms with E-state index in [4.69, 9.17) is 11.6 Å². The molecule has 1 nitrogen and oxygen atoms in total. The molecule has 0 radical (unpaired) electrons. The summed E-state index contributed by atoms with van der Waals surface area (Å²) in [7, 11) is 0. The molecule has 15 heavy (non-hydrogen) atoms. The average molecular weight is 222 g/mol. The lowest BCUT2D eigenvalue weighted by atomic mass is 10.1. The maximum Gasteiger partial charge on any atom is 0.0409 e. The molecule has 0 aliphatic carbocycles. The summed E-state index contributed by atoms with van der Waals surface area (Å²) in [4.78, 5) is 2.39. The first-order valence-corrected chi connectivity index (χ1v) is 5.91. The molecule has 0 fully saturated rings. The van der Waals surface area contributed by atoms with Gasteiger partial charge >= 0.3 is 0 Å². The standard InChI is InChI=1S/C13H16ClN/c1-2-12-5-3-4-10-15(12)13-8-6-11(14)7-9-13/h5-9H,2-4,10H2,1H3. The Morgan fingerprint density at radius 2 is 2.00 bits per heavy atom. The number of hydrogen-bond acceptors (Lipinski definition) is 1. The molecule has 0 bridgehead atoms. The fraction of sp³-hybridized carbons (Fsp3) is 0.385. The van der Waals surface area contributed by atoms with Crippen LogP contribution in [0.25, 0.3) is 0 Å². The zero-order valence-corrected chi connectivity index (χ0v) is 9.80. The number of rotatable bonds is 2. The fourth-order valence-electron chi connectivity index (χ4n) is 2.02. The Balaban J connectivity index is 2.25. The minimum absolute atomic E-state index is 0.804. The van der Waals surface area contributed by atoms with Crippen LogP contribution in [0.5, 0.6) is 0 Å². The molecule has 0 aromatic heterocycles. The van der Waals surface area contributed by atoms with Gasteiger partial charge in [0.05, 0.1) is 0 Å². The highest BCUT2D eigenvalue weighted by atomic mass is 35.5. The summed E-state index contributed by atoms with van der Waals surface area (Å²) in [6, 6.07) is 8.10. The molecular weight excluding hydrogens is 206 g/mol. The van der Waals surface area contributed by atoms with Crippen LogP contribution in [0.4, 0.5) is 5.69 Å². The van der Waals surface area contributed by atoms with E-state index >= 15 is 0 Å². The van der Waals surface area contributed by atoms with Crippen molar-refractivity contribution in [1.82, 2.24) is 0 Å². The lowest BCUT2D eigenvalue weighted by Crippen LogP contribution is -2.26. The third-order valence-electron chi connectivity index (χ3n) is 2.81. The van der Waals surface area contributed by atoms with Crippen LogP contribution in [0.3, 0.4) is 0 Å². The van der Waals surface area contributed by atoms with E-state index < -0.39 is 0 Å². The third kappa shape index (κ3) is 2.35. The Labute approximate surface area is 96.4 Å². The first-order valence-electron chi connectivity index (χ1n) is 5.53. The van der Waals surface area contributed by atoms with Crippen molar-refractivity contribution < 1.29 is 0 Å². The van der Waals surface area contributed by atoms with Gasteiger partial charge in [0, 0.05) is 23.0 Å². The topological polar surface area (TPSA) is 3.24 Å². The summed E-state index contributed by atoms with van der Waals surface area (Å²) in [6.45, 7) is 3.33. The largest absolute Gasteiger partial charge is 0.345 e. The van der Waals surface area contributed by atoms with Gasteiger partial charge in [0.25, 0.3) is 0 Å². The van der Waals surface area contributed by atoms with Gasteiger partial charge in [-0.2, -0.15) is 0 Å². The molecule has 2 rings (SSSR count). The molecule has 0 N–H and O–H groups in total. The van der Waals surface area contributed by atoms with Crippen molar-refractivity contribution in [3.05, 3.63) is 41.1 Å². The summed E-state index contributed by atoms with van der Waals surface area (Å²) in [6.07, 6.45) is 5.90. The van der Waals surface area contributed by atoms with E-state index in [1.807, 2.05) is 12.1 Å². The van der Waals surface area contributed by atoms with Gasteiger partial charge in [0.2, 0.25) is 0 Å². The molecule has 0 atom stereocenters. The Kier molecular flexibility index (Phi) is 3.32. The zero-order chi connectivity index (χ0) is 10.7. The molecule has 0 saturated carbocycles. The van der Waals surface area contributed by atoms with Crippen LogP contribution in [0.2, 0.25) is 5.02 Å². The summed E-state index contributed by atoms with van der Waals surface area (Å²) in [5.74, 6) is 0. The quantitative estimate of drug-likeness (QED) is 0.722. The van der Waals surface area contributed by atoms with Crippen LogP contribution in [-0.4, -0.2) is 6.54 Å². The first kappa shape index (κ1) is 10.6. The normalized spacial score (nSPS) is 16.4. The molecule has 0 amide bonds. The van der Waals surface area contributed by atoms with Crippen LogP contribution >= 0.6 is 11.6 Å². The van der Waals surface area contributed by atoms with E-state index in [2.05, 4.69) is 30.0 Å². The number of anilines is 1. The van der Waals surface area contributed by atoms with Crippen LogP contribution in [-0.2, 0) is 0 Å². The van der Waals surface area contributed by atoms with E-state index in [1.165, 1.54) is 24.2 Å². The Morgan fingerprint density at radius 1 is 1.27 bits per heavy atom. The minimum atomic E-state index is 0.804. The van der Waals surface area contributed by atoms with E-state index in [9.17, 15) is 0 Å². The van der Waals surface area contributed by atoms with Gasteiger partial charge in [-0.15, -0.1) is 0 Å². The lowest BCUT2D eigenvalue weighted by Gasteiger charge is -2.30. The highest BCUT2D eigenvalue weighted by Gasteiger charge is 2.13. The van der Waals surface area contributed by atoms with Gasteiger partial charge in [-0.25, -0.2) is 0 Å². The molecular formula is C13H16ClN. The molecule has 0 unspecified atom stereocenters. The van der Waals surface area contributed by atoms with Crippen molar-refractivity contribution in [2.75, 3.05) is 11.4 Å². The molecule has 0 spiro atoms. The molecule has 2 heteroatoms. The van der Waals surface area contributed by atoms with E-state index in [0.29, 0.717) is 0 Å². The van der Waals surface area contributed by atoms with E-state index in [-0.39, 0.29) is 0 Å². The average Bonchev–Trinajstić information content (AvgIpc) is 2.30. The molecule has 1 aromatic rings. The molecule has 1 aliphatic rings. The van der Waals surface area contributed by atoms with Crippen LogP contribution in [0.15, 0.2) is 36.0 Å². The van der Waals surface area contributed by atoms with Gasteiger partial charge < -0.3 is 4.90 Å². The molecule has 80 valence electrons.